The van der Waals surface area contributed by atoms with Crippen molar-refractivity contribution in [1.82, 2.24) is 15.0 Å². The highest BCUT2D eigenvalue weighted by atomic mass is 16.5. The monoisotopic (exact) mass is 207 g/mol. The predicted octanol–water partition coefficient (Wildman–Crippen LogP) is 0.461. The van der Waals surface area contributed by atoms with Crippen LogP contribution in [0, 0.1) is 6.33 Å². The lowest BCUT2D eigenvalue weighted by Crippen LogP contribution is -2.37. The summed E-state index contributed by atoms with van der Waals surface area (Å²) < 4.78 is 5.28. The van der Waals surface area contributed by atoms with Gasteiger partial charge in [-0.2, -0.15) is 9.97 Å². The topological polar surface area (TPSA) is 51.1 Å². The van der Waals surface area contributed by atoms with E-state index in [1.54, 1.807) is 0 Å². The highest BCUT2D eigenvalue weighted by molar-refractivity contribution is 5.28. The lowest BCUT2D eigenvalue weighted by atomic mass is 10.3. The Kier molecular flexibility index (Phi) is 3.45. The number of anilines is 1. The molecule has 0 atom stereocenters. The summed E-state index contributed by atoms with van der Waals surface area (Å²) in [6, 6.07) is 0. The van der Waals surface area contributed by atoms with Crippen molar-refractivity contribution in [2.45, 2.75) is 19.8 Å². The fraction of sp³-hybridized carbons (Fsp3) is 0.700. The molecule has 0 spiro atoms. The van der Waals surface area contributed by atoms with Crippen molar-refractivity contribution >= 4 is 5.95 Å². The Morgan fingerprint density at radius 3 is 2.87 bits per heavy atom. The van der Waals surface area contributed by atoms with E-state index in [4.69, 9.17) is 4.74 Å². The molecule has 15 heavy (non-hydrogen) atoms. The van der Waals surface area contributed by atoms with Gasteiger partial charge in [0, 0.05) is 19.5 Å². The van der Waals surface area contributed by atoms with Gasteiger partial charge in [0.25, 0.3) is 0 Å². The molecule has 1 aromatic heterocycles. The fourth-order valence-corrected chi connectivity index (χ4v) is 1.53. The Morgan fingerprint density at radius 2 is 2.13 bits per heavy atom. The molecule has 5 heteroatoms. The molecule has 2 rings (SSSR count). The van der Waals surface area contributed by atoms with Crippen LogP contribution in [-0.4, -0.2) is 41.3 Å². The number of ether oxygens (including phenoxy) is 1. The second kappa shape index (κ2) is 5.02. The van der Waals surface area contributed by atoms with Crippen LogP contribution in [0.15, 0.2) is 0 Å². The minimum Gasteiger partial charge on any atom is -0.378 e. The Bertz CT molecular complexity index is 312. The molecule has 0 N–H and O–H groups in total. The summed E-state index contributed by atoms with van der Waals surface area (Å²) in [4.78, 5) is 14.6. The number of nitrogens with zero attached hydrogens (tertiary/aromatic N) is 4. The lowest BCUT2D eigenvalue weighted by molar-refractivity contribution is 0.122. The number of aryl methyl sites for hydroxylation is 1. The zero-order valence-electron chi connectivity index (χ0n) is 8.94. The average Bonchev–Trinajstić information content (AvgIpc) is 2.31. The van der Waals surface area contributed by atoms with Crippen molar-refractivity contribution in [2.24, 2.45) is 0 Å². The summed E-state index contributed by atoms with van der Waals surface area (Å²) in [5.74, 6) is 1.56. The van der Waals surface area contributed by atoms with Gasteiger partial charge in [-0.1, -0.05) is 6.92 Å². The van der Waals surface area contributed by atoms with Gasteiger partial charge in [0.2, 0.25) is 12.3 Å². The minimum atomic E-state index is 0.733. The van der Waals surface area contributed by atoms with E-state index in [1.807, 2.05) is 0 Å². The number of rotatable bonds is 3. The molecular weight excluding hydrogens is 192 g/mol. The Morgan fingerprint density at radius 1 is 1.33 bits per heavy atom. The molecule has 1 radical (unpaired) electrons. The molecule has 1 saturated heterocycles. The molecule has 5 nitrogen and oxygen atoms in total. The van der Waals surface area contributed by atoms with Gasteiger partial charge in [-0.25, -0.2) is 4.98 Å². The SMILES string of the molecule is CCCc1n[c]nc(N2CCOCC2)n1. The van der Waals surface area contributed by atoms with Crippen LogP contribution in [0.1, 0.15) is 19.2 Å². The van der Waals surface area contributed by atoms with E-state index < -0.39 is 0 Å². The van der Waals surface area contributed by atoms with Gasteiger partial charge in [-0.05, 0) is 6.42 Å². The molecular formula is C10H15N4O. The van der Waals surface area contributed by atoms with Crippen molar-refractivity contribution in [3.05, 3.63) is 12.2 Å². The molecule has 1 fully saturated rings. The normalized spacial score (nSPS) is 16.7. The second-order valence-electron chi connectivity index (χ2n) is 3.50. The summed E-state index contributed by atoms with van der Waals surface area (Å²) in [6.07, 6.45) is 4.59. The maximum absolute atomic E-state index is 5.28. The zero-order chi connectivity index (χ0) is 10.5. The van der Waals surface area contributed by atoms with Crippen LogP contribution in [-0.2, 0) is 11.2 Å². The third kappa shape index (κ3) is 2.62. The van der Waals surface area contributed by atoms with Crippen LogP contribution in [0.4, 0.5) is 5.95 Å². The smallest absolute Gasteiger partial charge is 0.229 e. The van der Waals surface area contributed by atoms with Crippen LogP contribution in [0.2, 0.25) is 0 Å². The van der Waals surface area contributed by atoms with Crippen LogP contribution >= 0.6 is 0 Å². The molecule has 0 aliphatic carbocycles. The summed E-state index contributed by atoms with van der Waals surface area (Å²) in [6.45, 7) is 5.30. The number of aromatic nitrogens is 3. The van der Waals surface area contributed by atoms with Gasteiger partial charge < -0.3 is 9.64 Å². The van der Waals surface area contributed by atoms with E-state index in [9.17, 15) is 0 Å². The van der Waals surface area contributed by atoms with Gasteiger partial charge in [0.05, 0.1) is 13.2 Å². The van der Waals surface area contributed by atoms with Crippen molar-refractivity contribution < 1.29 is 4.74 Å². The largest absolute Gasteiger partial charge is 0.378 e. The first-order valence-electron chi connectivity index (χ1n) is 5.34. The van der Waals surface area contributed by atoms with E-state index in [2.05, 4.69) is 33.1 Å². The average molecular weight is 207 g/mol. The molecule has 2 heterocycles. The van der Waals surface area contributed by atoms with E-state index in [0.29, 0.717) is 0 Å². The van der Waals surface area contributed by atoms with Gasteiger partial charge in [-0.15, -0.1) is 0 Å². The molecule has 81 valence electrons. The van der Waals surface area contributed by atoms with Gasteiger partial charge in [0.1, 0.15) is 5.82 Å². The third-order valence-corrected chi connectivity index (χ3v) is 2.33. The fourth-order valence-electron chi connectivity index (χ4n) is 1.53. The third-order valence-electron chi connectivity index (χ3n) is 2.33. The first kappa shape index (κ1) is 10.3. The summed E-state index contributed by atoms with van der Waals surface area (Å²) >= 11 is 0. The zero-order valence-corrected chi connectivity index (χ0v) is 8.94. The first-order chi connectivity index (χ1) is 7.40. The molecule has 0 amide bonds. The van der Waals surface area contributed by atoms with E-state index in [1.165, 1.54) is 0 Å². The minimum absolute atomic E-state index is 0.733. The molecule has 1 aliphatic heterocycles. The number of morpholine rings is 1. The van der Waals surface area contributed by atoms with E-state index in [0.717, 1.165) is 50.9 Å². The summed E-state index contributed by atoms with van der Waals surface area (Å²) in [7, 11) is 0. The molecule has 0 aromatic carbocycles. The van der Waals surface area contributed by atoms with E-state index >= 15 is 0 Å². The molecule has 0 bridgehead atoms. The van der Waals surface area contributed by atoms with Crippen molar-refractivity contribution in [3.63, 3.8) is 0 Å². The molecule has 0 saturated carbocycles. The quantitative estimate of drug-likeness (QED) is 0.720. The highest BCUT2D eigenvalue weighted by Crippen LogP contribution is 2.08. The predicted molar refractivity (Wildman–Crippen MR) is 55.7 cm³/mol. The first-order valence-corrected chi connectivity index (χ1v) is 5.34. The van der Waals surface area contributed by atoms with Gasteiger partial charge in [-0.3, -0.25) is 0 Å². The maximum Gasteiger partial charge on any atom is 0.229 e. The van der Waals surface area contributed by atoms with Crippen LogP contribution < -0.4 is 4.90 Å². The van der Waals surface area contributed by atoms with Crippen molar-refractivity contribution in [3.8, 4) is 0 Å². The van der Waals surface area contributed by atoms with Crippen molar-refractivity contribution in [1.29, 1.82) is 0 Å². The standard InChI is InChI=1S/C10H15N4O/c1-2-3-9-11-8-12-10(13-9)14-4-6-15-7-5-14/h2-7H2,1H3. The lowest BCUT2D eigenvalue weighted by Gasteiger charge is -2.26. The second-order valence-corrected chi connectivity index (χ2v) is 3.50. The highest BCUT2D eigenvalue weighted by Gasteiger charge is 2.14. The van der Waals surface area contributed by atoms with Crippen molar-refractivity contribution in [2.75, 3.05) is 31.2 Å². The Labute approximate surface area is 89.5 Å². The summed E-state index contributed by atoms with van der Waals surface area (Å²) in [5, 5.41) is 0. The number of hydrogen-bond acceptors (Lipinski definition) is 5. The molecule has 0 unspecified atom stereocenters. The van der Waals surface area contributed by atoms with Gasteiger partial charge >= 0.3 is 0 Å². The Balaban J connectivity index is 2.09. The summed E-state index contributed by atoms with van der Waals surface area (Å²) in [5.41, 5.74) is 0. The molecule has 1 aromatic rings. The maximum atomic E-state index is 5.28. The van der Waals surface area contributed by atoms with Gasteiger partial charge in [0.15, 0.2) is 0 Å². The van der Waals surface area contributed by atoms with Crippen LogP contribution in [0.25, 0.3) is 0 Å². The Hall–Kier alpha value is -1.23. The molecule has 1 aliphatic rings. The van der Waals surface area contributed by atoms with E-state index in [-0.39, 0.29) is 0 Å². The van der Waals surface area contributed by atoms with Crippen LogP contribution in [0.5, 0.6) is 0 Å². The number of hydrogen-bond donors (Lipinski definition) is 0. The van der Waals surface area contributed by atoms with Crippen LogP contribution in [0.3, 0.4) is 0 Å².